The second-order valence-electron chi connectivity index (χ2n) is 7.26. The smallest absolute Gasteiger partial charge is 0.225 e. The number of aliphatic hydroxyl groups is 1. The summed E-state index contributed by atoms with van der Waals surface area (Å²) in [6.45, 7) is 12.5. The zero-order valence-electron chi connectivity index (χ0n) is 14.7. The van der Waals surface area contributed by atoms with Crippen molar-refractivity contribution < 1.29 is 9.90 Å². The minimum absolute atomic E-state index is 0.0164. The molecule has 4 heteroatoms. The molecule has 1 rings (SSSR count). The minimum Gasteiger partial charge on any atom is -0.391 e. The monoisotopic (exact) mass is 306 g/mol. The average Bonchev–Trinajstić information content (AvgIpc) is 2.38. The normalized spacial score (nSPS) is 14.5. The minimum atomic E-state index is -0.433. The number of rotatable bonds is 6. The second-order valence-corrected chi connectivity index (χ2v) is 7.26. The van der Waals surface area contributed by atoms with Crippen LogP contribution in [-0.4, -0.2) is 29.7 Å². The SMILES string of the molecule is Cc1ccc(NC(=O)CC(C)NCC(O)C(C)(C)C)c(C)c1. The highest BCUT2D eigenvalue weighted by Gasteiger charge is 2.22. The third kappa shape index (κ3) is 6.16. The van der Waals surface area contributed by atoms with Crippen molar-refractivity contribution in [3.63, 3.8) is 0 Å². The van der Waals surface area contributed by atoms with Gasteiger partial charge in [-0.1, -0.05) is 38.5 Å². The molecule has 0 bridgehead atoms. The van der Waals surface area contributed by atoms with E-state index in [1.807, 2.05) is 53.7 Å². The fraction of sp³-hybridized carbons (Fsp3) is 0.611. The molecule has 0 aliphatic heterocycles. The van der Waals surface area contributed by atoms with Crippen LogP contribution < -0.4 is 10.6 Å². The van der Waals surface area contributed by atoms with Gasteiger partial charge in [0.25, 0.3) is 0 Å². The van der Waals surface area contributed by atoms with E-state index in [1.165, 1.54) is 5.56 Å². The molecular weight excluding hydrogens is 276 g/mol. The summed E-state index contributed by atoms with van der Waals surface area (Å²) < 4.78 is 0. The lowest BCUT2D eigenvalue weighted by Gasteiger charge is -2.27. The van der Waals surface area contributed by atoms with Crippen LogP contribution in [-0.2, 0) is 4.79 Å². The zero-order chi connectivity index (χ0) is 16.9. The molecule has 4 nitrogen and oxygen atoms in total. The molecule has 1 aromatic carbocycles. The van der Waals surface area contributed by atoms with Gasteiger partial charge < -0.3 is 15.7 Å². The number of carbonyl (C=O) groups excluding carboxylic acids is 1. The Morgan fingerprint density at radius 3 is 2.45 bits per heavy atom. The summed E-state index contributed by atoms with van der Waals surface area (Å²) in [6, 6.07) is 5.99. The van der Waals surface area contributed by atoms with Crippen molar-refractivity contribution in [3.8, 4) is 0 Å². The van der Waals surface area contributed by atoms with E-state index in [4.69, 9.17) is 0 Å². The van der Waals surface area contributed by atoms with Crippen LogP contribution in [0.3, 0.4) is 0 Å². The fourth-order valence-electron chi connectivity index (χ4n) is 2.12. The Morgan fingerprint density at radius 1 is 1.27 bits per heavy atom. The lowest BCUT2D eigenvalue weighted by atomic mass is 9.89. The Balaban J connectivity index is 2.44. The first-order valence-electron chi connectivity index (χ1n) is 7.88. The van der Waals surface area contributed by atoms with E-state index in [9.17, 15) is 9.90 Å². The van der Waals surface area contributed by atoms with Crippen LogP contribution in [0.25, 0.3) is 0 Å². The molecule has 0 saturated carbocycles. The number of aliphatic hydroxyl groups excluding tert-OH is 1. The Hall–Kier alpha value is -1.39. The summed E-state index contributed by atoms with van der Waals surface area (Å²) in [5.74, 6) is -0.0165. The maximum atomic E-state index is 12.1. The lowest BCUT2D eigenvalue weighted by molar-refractivity contribution is -0.116. The topological polar surface area (TPSA) is 61.4 Å². The number of anilines is 1. The van der Waals surface area contributed by atoms with Crippen LogP contribution in [0.4, 0.5) is 5.69 Å². The van der Waals surface area contributed by atoms with Crippen molar-refractivity contribution in [1.82, 2.24) is 5.32 Å². The van der Waals surface area contributed by atoms with Gasteiger partial charge in [0.15, 0.2) is 0 Å². The van der Waals surface area contributed by atoms with E-state index >= 15 is 0 Å². The molecule has 0 aliphatic rings. The molecule has 0 heterocycles. The van der Waals surface area contributed by atoms with Gasteiger partial charge in [-0.25, -0.2) is 0 Å². The summed E-state index contributed by atoms with van der Waals surface area (Å²) in [7, 11) is 0. The highest BCUT2D eigenvalue weighted by molar-refractivity contribution is 5.91. The standard InChI is InChI=1S/C18H30N2O2/c1-12-7-8-15(13(2)9-12)20-17(22)10-14(3)19-11-16(21)18(4,5)6/h7-9,14,16,19,21H,10-11H2,1-6H3,(H,20,22). The van der Waals surface area contributed by atoms with Gasteiger partial charge in [0.1, 0.15) is 0 Å². The highest BCUT2D eigenvalue weighted by atomic mass is 16.3. The molecule has 1 aromatic rings. The van der Waals surface area contributed by atoms with Crippen molar-refractivity contribution in [2.75, 3.05) is 11.9 Å². The van der Waals surface area contributed by atoms with Crippen molar-refractivity contribution in [2.24, 2.45) is 5.41 Å². The van der Waals surface area contributed by atoms with Gasteiger partial charge in [-0.2, -0.15) is 0 Å². The van der Waals surface area contributed by atoms with Gasteiger partial charge in [0.05, 0.1) is 6.10 Å². The molecule has 0 saturated heterocycles. The Bertz CT molecular complexity index is 506. The molecule has 2 unspecified atom stereocenters. The largest absolute Gasteiger partial charge is 0.391 e. The first kappa shape index (κ1) is 18.7. The number of amides is 1. The summed E-state index contributed by atoms with van der Waals surface area (Å²) >= 11 is 0. The van der Waals surface area contributed by atoms with E-state index in [1.54, 1.807) is 0 Å². The fourth-order valence-corrected chi connectivity index (χ4v) is 2.12. The molecule has 1 amide bonds. The van der Waals surface area contributed by atoms with Crippen LogP contribution in [0.5, 0.6) is 0 Å². The number of aryl methyl sites for hydroxylation is 2. The van der Waals surface area contributed by atoms with Gasteiger partial charge in [-0.15, -0.1) is 0 Å². The predicted molar refractivity (Wildman–Crippen MR) is 92.1 cm³/mol. The van der Waals surface area contributed by atoms with Gasteiger partial charge in [-0.05, 0) is 37.8 Å². The molecule has 124 valence electrons. The van der Waals surface area contributed by atoms with Crippen LogP contribution in [0.15, 0.2) is 18.2 Å². The quantitative estimate of drug-likeness (QED) is 0.757. The average molecular weight is 306 g/mol. The van der Waals surface area contributed by atoms with Gasteiger partial charge in [0, 0.05) is 24.7 Å². The number of hydrogen-bond donors (Lipinski definition) is 3. The van der Waals surface area contributed by atoms with E-state index < -0.39 is 6.10 Å². The second kappa shape index (κ2) is 7.75. The maximum absolute atomic E-state index is 12.1. The van der Waals surface area contributed by atoms with Crippen molar-refractivity contribution in [1.29, 1.82) is 0 Å². The van der Waals surface area contributed by atoms with Crippen LogP contribution in [0.2, 0.25) is 0 Å². The Kier molecular flexibility index (Phi) is 6.57. The summed E-state index contributed by atoms with van der Waals surface area (Å²) in [6.07, 6.45) is -0.0539. The van der Waals surface area contributed by atoms with Crippen LogP contribution in [0.1, 0.15) is 45.2 Å². The number of benzene rings is 1. The maximum Gasteiger partial charge on any atom is 0.225 e. The summed E-state index contributed by atoms with van der Waals surface area (Å²) in [5.41, 5.74) is 2.95. The van der Waals surface area contributed by atoms with Gasteiger partial charge in [0.2, 0.25) is 5.91 Å². The Labute approximate surface area is 134 Å². The predicted octanol–water partition coefficient (Wildman–Crippen LogP) is 3.02. The van der Waals surface area contributed by atoms with E-state index in [0.717, 1.165) is 11.3 Å². The summed E-state index contributed by atoms with van der Waals surface area (Å²) in [5, 5.41) is 16.2. The highest BCUT2D eigenvalue weighted by Crippen LogP contribution is 2.19. The van der Waals surface area contributed by atoms with Crippen LogP contribution in [0, 0.1) is 19.3 Å². The number of nitrogens with one attached hydrogen (secondary N) is 2. The van der Waals surface area contributed by atoms with Crippen molar-refractivity contribution >= 4 is 11.6 Å². The molecule has 0 radical (unpaired) electrons. The molecule has 0 spiro atoms. The van der Waals surface area contributed by atoms with Crippen molar-refractivity contribution in [3.05, 3.63) is 29.3 Å². The van der Waals surface area contributed by atoms with E-state index in [0.29, 0.717) is 13.0 Å². The molecule has 2 atom stereocenters. The molecular formula is C18H30N2O2. The van der Waals surface area contributed by atoms with Gasteiger partial charge in [-0.3, -0.25) is 4.79 Å². The summed E-state index contributed by atoms with van der Waals surface area (Å²) in [4.78, 5) is 12.1. The molecule has 22 heavy (non-hydrogen) atoms. The molecule has 0 aromatic heterocycles. The van der Waals surface area contributed by atoms with E-state index in [2.05, 4.69) is 16.7 Å². The number of hydrogen-bond acceptors (Lipinski definition) is 3. The van der Waals surface area contributed by atoms with Gasteiger partial charge >= 0.3 is 0 Å². The van der Waals surface area contributed by atoms with E-state index in [-0.39, 0.29) is 17.4 Å². The number of carbonyl (C=O) groups is 1. The third-order valence-corrected chi connectivity index (χ3v) is 3.81. The van der Waals surface area contributed by atoms with Crippen molar-refractivity contribution in [2.45, 2.75) is 60.1 Å². The zero-order valence-corrected chi connectivity index (χ0v) is 14.7. The van der Waals surface area contributed by atoms with Crippen LogP contribution >= 0.6 is 0 Å². The molecule has 0 fully saturated rings. The lowest BCUT2D eigenvalue weighted by Crippen LogP contribution is -2.41. The first-order valence-corrected chi connectivity index (χ1v) is 7.88. The third-order valence-electron chi connectivity index (χ3n) is 3.81. The molecule has 3 N–H and O–H groups in total. The Morgan fingerprint density at radius 2 is 1.91 bits per heavy atom. The first-order chi connectivity index (χ1) is 10.1. The molecule has 0 aliphatic carbocycles.